The number of hydrogen-bond acceptors (Lipinski definition) is 6. The molecule has 0 bridgehead atoms. The quantitative estimate of drug-likeness (QED) is 0.638. The minimum absolute atomic E-state index is 0.0578. The molecule has 1 aliphatic carbocycles. The molecular formula is C20H21FN6O2. The molecule has 0 atom stereocenters. The molecule has 1 amide bonds. The number of hydrogen-bond donors (Lipinski definition) is 2. The molecule has 2 heterocycles. The summed E-state index contributed by atoms with van der Waals surface area (Å²) in [5.41, 5.74) is 2.70. The minimum Gasteiger partial charge on any atom is -0.494 e. The van der Waals surface area contributed by atoms with Crippen molar-refractivity contribution in [1.82, 2.24) is 25.1 Å². The van der Waals surface area contributed by atoms with E-state index in [1.807, 2.05) is 6.92 Å². The summed E-state index contributed by atoms with van der Waals surface area (Å²) in [7, 11) is 1.42. The number of nitrogens with one attached hydrogen (secondary N) is 2. The molecule has 0 unspecified atom stereocenters. The molecule has 1 aliphatic rings. The average molecular weight is 396 g/mol. The zero-order valence-electron chi connectivity index (χ0n) is 16.1. The maximum atomic E-state index is 14.1. The van der Waals surface area contributed by atoms with E-state index in [0.717, 1.165) is 18.4 Å². The second kappa shape index (κ2) is 7.86. The number of amides is 1. The Morgan fingerprint density at radius 3 is 2.90 bits per heavy atom. The van der Waals surface area contributed by atoms with E-state index in [1.54, 1.807) is 35.4 Å². The highest BCUT2D eigenvalue weighted by atomic mass is 19.1. The Kier molecular flexibility index (Phi) is 5.11. The first-order chi connectivity index (χ1) is 14.0. The Bertz CT molecular complexity index is 1050. The number of benzene rings is 1. The van der Waals surface area contributed by atoms with E-state index >= 15 is 0 Å². The van der Waals surface area contributed by atoms with Crippen molar-refractivity contribution in [2.45, 2.75) is 32.4 Å². The molecule has 0 saturated heterocycles. The second-order valence-corrected chi connectivity index (χ2v) is 6.97. The SMILES string of the molecule is COc1ccc(-c2nc(Nc3cnn(CC(=O)NC4CC4)c3)ncc2C)cc1F. The van der Waals surface area contributed by atoms with E-state index in [9.17, 15) is 9.18 Å². The molecular weight excluding hydrogens is 375 g/mol. The lowest BCUT2D eigenvalue weighted by atomic mass is 10.1. The fourth-order valence-electron chi connectivity index (χ4n) is 2.90. The number of carbonyl (C=O) groups excluding carboxylic acids is 1. The van der Waals surface area contributed by atoms with Crippen molar-refractivity contribution in [3.05, 3.63) is 48.2 Å². The van der Waals surface area contributed by atoms with Crippen LogP contribution in [-0.2, 0) is 11.3 Å². The van der Waals surface area contributed by atoms with Gasteiger partial charge in [-0.05, 0) is 43.5 Å². The summed E-state index contributed by atoms with van der Waals surface area (Å²) in [6.45, 7) is 2.01. The maximum absolute atomic E-state index is 14.1. The zero-order valence-corrected chi connectivity index (χ0v) is 16.1. The number of aryl methyl sites for hydroxylation is 1. The number of ether oxygens (including phenoxy) is 1. The van der Waals surface area contributed by atoms with Crippen molar-refractivity contribution in [3.8, 4) is 17.0 Å². The van der Waals surface area contributed by atoms with Gasteiger partial charge in [0.15, 0.2) is 11.6 Å². The van der Waals surface area contributed by atoms with Crippen LogP contribution in [0.15, 0.2) is 36.8 Å². The number of rotatable bonds is 7. The third kappa shape index (κ3) is 4.50. The standard InChI is InChI=1S/C20H21FN6O2/c1-12-8-22-20(26-19(12)13-3-6-17(29-2)16(21)7-13)25-15-9-23-27(10-15)11-18(28)24-14-4-5-14/h3,6-10,14H,4-5,11H2,1-2H3,(H,24,28)(H,22,25,26). The van der Waals surface area contributed by atoms with Gasteiger partial charge < -0.3 is 15.4 Å². The molecule has 4 rings (SSSR count). The summed E-state index contributed by atoms with van der Waals surface area (Å²) in [6.07, 6.45) is 7.06. The minimum atomic E-state index is -0.455. The lowest BCUT2D eigenvalue weighted by Gasteiger charge is -2.09. The molecule has 0 spiro atoms. The van der Waals surface area contributed by atoms with E-state index in [2.05, 4.69) is 25.7 Å². The Morgan fingerprint density at radius 2 is 2.17 bits per heavy atom. The van der Waals surface area contributed by atoms with Crippen molar-refractivity contribution in [1.29, 1.82) is 0 Å². The van der Waals surface area contributed by atoms with Crippen LogP contribution in [0.4, 0.5) is 16.0 Å². The van der Waals surface area contributed by atoms with Gasteiger partial charge >= 0.3 is 0 Å². The van der Waals surface area contributed by atoms with Crippen molar-refractivity contribution in [2.24, 2.45) is 0 Å². The smallest absolute Gasteiger partial charge is 0.241 e. The monoisotopic (exact) mass is 396 g/mol. The molecule has 8 nitrogen and oxygen atoms in total. The van der Waals surface area contributed by atoms with Crippen LogP contribution in [0.3, 0.4) is 0 Å². The van der Waals surface area contributed by atoms with E-state index in [4.69, 9.17) is 4.74 Å². The molecule has 2 aromatic heterocycles. The van der Waals surface area contributed by atoms with Gasteiger partial charge in [0.05, 0.1) is 24.7 Å². The van der Waals surface area contributed by atoms with Gasteiger partial charge in [0.1, 0.15) is 6.54 Å². The molecule has 9 heteroatoms. The van der Waals surface area contributed by atoms with Gasteiger partial charge in [-0.3, -0.25) is 9.48 Å². The van der Waals surface area contributed by atoms with Gasteiger partial charge in [0.2, 0.25) is 11.9 Å². The normalized spacial score (nSPS) is 13.2. The summed E-state index contributed by atoms with van der Waals surface area (Å²) < 4.78 is 20.6. The highest BCUT2D eigenvalue weighted by Gasteiger charge is 2.23. The van der Waals surface area contributed by atoms with E-state index < -0.39 is 5.82 Å². The zero-order chi connectivity index (χ0) is 20.4. The lowest BCUT2D eigenvalue weighted by molar-refractivity contribution is -0.122. The molecule has 150 valence electrons. The Morgan fingerprint density at radius 1 is 1.34 bits per heavy atom. The molecule has 1 saturated carbocycles. The van der Waals surface area contributed by atoms with Gasteiger partial charge in [-0.25, -0.2) is 14.4 Å². The van der Waals surface area contributed by atoms with Crippen LogP contribution in [-0.4, -0.2) is 38.8 Å². The molecule has 1 fully saturated rings. The summed E-state index contributed by atoms with van der Waals surface area (Å²) in [4.78, 5) is 20.7. The highest BCUT2D eigenvalue weighted by molar-refractivity contribution is 5.76. The molecule has 3 aromatic rings. The highest BCUT2D eigenvalue weighted by Crippen LogP contribution is 2.27. The molecule has 0 radical (unpaired) electrons. The van der Waals surface area contributed by atoms with E-state index in [0.29, 0.717) is 28.9 Å². The van der Waals surface area contributed by atoms with Crippen molar-refractivity contribution in [2.75, 3.05) is 12.4 Å². The predicted octanol–water partition coefficient (Wildman–Crippen LogP) is 2.82. The topological polar surface area (TPSA) is 94.0 Å². The second-order valence-electron chi connectivity index (χ2n) is 6.97. The number of nitrogens with zero attached hydrogens (tertiary/aromatic N) is 4. The molecule has 1 aromatic carbocycles. The van der Waals surface area contributed by atoms with Crippen LogP contribution in [0.25, 0.3) is 11.3 Å². The summed E-state index contributed by atoms with van der Waals surface area (Å²) >= 11 is 0. The third-order valence-electron chi connectivity index (χ3n) is 4.53. The molecule has 2 N–H and O–H groups in total. The average Bonchev–Trinajstić information content (AvgIpc) is 3.40. The summed E-state index contributed by atoms with van der Waals surface area (Å²) in [5, 5.41) is 10.2. The van der Waals surface area contributed by atoms with E-state index in [1.165, 1.54) is 13.2 Å². The Balaban J connectivity index is 1.49. The van der Waals surface area contributed by atoms with Crippen LogP contribution < -0.4 is 15.4 Å². The number of aromatic nitrogens is 4. The molecule has 29 heavy (non-hydrogen) atoms. The summed E-state index contributed by atoms with van der Waals surface area (Å²) in [6, 6.07) is 5.01. The fraction of sp³-hybridized carbons (Fsp3) is 0.300. The van der Waals surface area contributed by atoms with Crippen LogP contribution in [0, 0.1) is 12.7 Å². The summed E-state index contributed by atoms with van der Waals surface area (Å²) in [5.74, 6) is 0.0154. The van der Waals surface area contributed by atoms with Crippen molar-refractivity contribution < 1.29 is 13.9 Å². The Labute approximate surface area is 167 Å². The first-order valence-corrected chi connectivity index (χ1v) is 9.28. The largest absolute Gasteiger partial charge is 0.494 e. The van der Waals surface area contributed by atoms with Gasteiger partial charge in [-0.1, -0.05) is 0 Å². The maximum Gasteiger partial charge on any atom is 0.241 e. The van der Waals surface area contributed by atoms with E-state index in [-0.39, 0.29) is 18.2 Å². The first kappa shape index (κ1) is 18.9. The number of halogens is 1. The lowest BCUT2D eigenvalue weighted by Crippen LogP contribution is -2.29. The predicted molar refractivity (Wildman–Crippen MR) is 105 cm³/mol. The van der Waals surface area contributed by atoms with Crippen molar-refractivity contribution in [3.63, 3.8) is 0 Å². The van der Waals surface area contributed by atoms with Crippen molar-refractivity contribution >= 4 is 17.5 Å². The number of carbonyl (C=O) groups is 1. The van der Waals surface area contributed by atoms with Gasteiger partial charge in [0.25, 0.3) is 0 Å². The van der Waals surface area contributed by atoms with Gasteiger partial charge in [-0.15, -0.1) is 0 Å². The molecule has 0 aliphatic heterocycles. The Hall–Kier alpha value is -3.49. The van der Waals surface area contributed by atoms with Crippen LogP contribution in [0.5, 0.6) is 5.75 Å². The van der Waals surface area contributed by atoms with Gasteiger partial charge in [-0.2, -0.15) is 5.10 Å². The van der Waals surface area contributed by atoms with Crippen LogP contribution in [0.2, 0.25) is 0 Å². The van der Waals surface area contributed by atoms with Crippen LogP contribution in [0.1, 0.15) is 18.4 Å². The third-order valence-corrected chi connectivity index (χ3v) is 4.53. The number of methoxy groups -OCH3 is 1. The number of anilines is 2. The van der Waals surface area contributed by atoms with Gasteiger partial charge in [0, 0.05) is 24.0 Å². The fourth-order valence-corrected chi connectivity index (χ4v) is 2.90. The first-order valence-electron chi connectivity index (χ1n) is 9.28. The van der Waals surface area contributed by atoms with Crippen LogP contribution >= 0.6 is 0 Å².